The molecule has 2 aliphatic rings. The lowest BCUT2D eigenvalue weighted by Gasteiger charge is -2.18. The van der Waals surface area contributed by atoms with Crippen molar-refractivity contribution in [1.29, 1.82) is 0 Å². The highest BCUT2D eigenvalue weighted by Crippen LogP contribution is 2.39. The highest BCUT2D eigenvalue weighted by Gasteiger charge is 2.33. The third kappa shape index (κ3) is 3.36. The van der Waals surface area contributed by atoms with Gasteiger partial charge < -0.3 is 15.8 Å². The van der Waals surface area contributed by atoms with Crippen molar-refractivity contribution in [1.82, 2.24) is 5.32 Å². The van der Waals surface area contributed by atoms with Gasteiger partial charge in [0.2, 0.25) is 5.91 Å². The van der Waals surface area contributed by atoms with E-state index >= 15 is 0 Å². The van der Waals surface area contributed by atoms with Crippen LogP contribution in [0.2, 0.25) is 10.0 Å². The molecule has 1 amide bonds. The maximum absolute atomic E-state index is 12.3. The summed E-state index contributed by atoms with van der Waals surface area (Å²) in [7, 11) is 0. The van der Waals surface area contributed by atoms with Crippen LogP contribution in [0, 0.1) is 0 Å². The standard InChI is InChI=1S/C15H18Cl2N2O2.ClH/c16-11-4-2-9-10(14(11)17)3-5-12(9)19-15(20)13-6-1-8(7-18)21-13;/h2,4,8,12-13H,1,3,5-7,18H2,(H,19,20);1H/t8-,12?,13+;/m1./s1. The zero-order chi connectivity index (χ0) is 15.0. The van der Waals surface area contributed by atoms with E-state index in [2.05, 4.69) is 5.32 Å². The van der Waals surface area contributed by atoms with Gasteiger partial charge in [-0.2, -0.15) is 0 Å². The number of hydrogen-bond donors (Lipinski definition) is 2. The zero-order valence-corrected chi connectivity index (χ0v) is 14.3. The summed E-state index contributed by atoms with van der Waals surface area (Å²) in [5, 5.41) is 4.23. The largest absolute Gasteiger partial charge is 0.364 e. The van der Waals surface area contributed by atoms with Crippen LogP contribution in [0.4, 0.5) is 0 Å². The summed E-state index contributed by atoms with van der Waals surface area (Å²) in [4.78, 5) is 12.3. The molecule has 0 bridgehead atoms. The van der Waals surface area contributed by atoms with Crippen LogP contribution in [0.3, 0.4) is 0 Å². The molecule has 1 heterocycles. The van der Waals surface area contributed by atoms with E-state index in [9.17, 15) is 4.79 Å². The fourth-order valence-electron chi connectivity index (χ4n) is 3.12. The summed E-state index contributed by atoms with van der Waals surface area (Å²) >= 11 is 12.3. The molecule has 0 saturated carbocycles. The Labute approximate surface area is 146 Å². The van der Waals surface area contributed by atoms with E-state index in [1.807, 2.05) is 6.07 Å². The van der Waals surface area contributed by atoms with Gasteiger partial charge in [0.15, 0.2) is 0 Å². The van der Waals surface area contributed by atoms with Crippen LogP contribution >= 0.6 is 35.6 Å². The first kappa shape index (κ1) is 17.8. The van der Waals surface area contributed by atoms with Crippen LogP contribution < -0.4 is 11.1 Å². The van der Waals surface area contributed by atoms with Crippen LogP contribution in [0.1, 0.15) is 36.4 Å². The summed E-state index contributed by atoms with van der Waals surface area (Å²) in [6.45, 7) is 0.462. The lowest BCUT2D eigenvalue weighted by atomic mass is 10.1. The summed E-state index contributed by atoms with van der Waals surface area (Å²) in [6, 6.07) is 3.71. The van der Waals surface area contributed by atoms with E-state index in [0.717, 1.165) is 36.8 Å². The molecule has 1 fully saturated rings. The molecule has 1 aromatic carbocycles. The summed E-state index contributed by atoms with van der Waals surface area (Å²) in [5.41, 5.74) is 7.67. The monoisotopic (exact) mass is 364 g/mol. The Morgan fingerprint density at radius 3 is 2.77 bits per heavy atom. The van der Waals surface area contributed by atoms with Gasteiger partial charge in [-0.3, -0.25) is 4.79 Å². The van der Waals surface area contributed by atoms with Crippen molar-refractivity contribution < 1.29 is 9.53 Å². The quantitative estimate of drug-likeness (QED) is 0.865. The van der Waals surface area contributed by atoms with Gasteiger partial charge in [-0.05, 0) is 42.9 Å². The number of nitrogens with two attached hydrogens (primary N) is 1. The Hall–Kier alpha value is -0.520. The molecule has 22 heavy (non-hydrogen) atoms. The van der Waals surface area contributed by atoms with Gasteiger partial charge in [-0.15, -0.1) is 12.4 Å². The molecular formula is C15H19Cl3N2O2. The lowest BCUT2D eigenvalue weighted by molar-refractivity contribution is -0.132. The normalized spacial score (nSPS) is 26.4. The number of carbonyl (C=O) groups excluding carboxylic acids is 1. The first-order chi connectivity index (χ1) is 10.1. The van der Waals surface area contributed by atoms with Crippen molar-refractivity contribution >= 4 is 41.5 Å². The summed E-state index contributed by atoms with van der Waals surface area (Å²) < 4.78 is 5.63. The third-order valence-electron chi connectivity index (χ3n) is 4.27. The number of fused-ring (bicyclic) bond motifs is 1. The number of benzene rings is 1. The Bertz CT molecular complexity index is 568. The maximum atomic E-state index is 12.3. The highest BCUT2D eigenvalue weighted by molar-refractivity contribution is 6.42. The van der Waals surface area contributed by atoms with Gasteiger partial charge in [0, 0.05) is 6.54 Å². The number of halogens is 3. The van der Waals surface area contributed by atoms with Crippen LogP contribution in [0.5, 0.6) is 0 Å². The first-order valence-corrected chi connectivity index (χ1v) is 7.98. The number of hydrogen-bond acceptors (Lipinski definition) is 3. The molecule has 7 heteroatoms. The lowest BCUT2D eigenvalue weighted by Crippen LogP contribution is -2.37. The van der Waals surface area contributed by atoms with Gasteiger partial charge in [0.25, 0.3) is 0 Å². The van der Waals surface area contributed by atoms with Crippen molar-refractivity contribution in [2.24, 2.45) is 5.73 Å². The molecule has 4 nitrogen and oxygen atoms in total. The van der Waals surface area contributed by atoms with Gasteiger partial charge >= 0.3 is 0 Å². The number of nitrogens with one attached hydrogen (secondary N) is 1. The zero-order valence-electron chi connectivity index (χ0n) is 12.0. The van der Waals surface area contributed by atoms with Crippen LogP contribution in [0.25, 0.3) is 0 Å². The van der Waals surface area contributed by atoms with E-state index in [-0.39, 0.29) is 36.6 Å². The summed E-state index contributed by atoms with van der Waals surface area (Å²) in [5.74, 6) is -0.0603. The first-order valence-electron chi connectivity index (χ1n) is 7.22. The molecule has 3 N–H and O–H groups in total. The van der Waals surface area contributed by atoms with Gasteiger partial charge in [0.1, 0.15) is 6.10 Å². The van der Waals surface area contributed by atoms with E-state index in [1.54, 1.807) is 6.07 Å². The second kappa shape index (κ2) is 7.37. The topological polar surface area (TPSA) is 64.4 Å². The maximum Gasteiger partial charge on any atom is 0.249 e. The number of amides is 1. The third-order valence-corrected chi connectivity index (χ3v) is 5.11. The van der Waals surface area contributed by atoms with E-state index in [4.69, 9.17) is 33.7 Å². The second-order valence-electron chi connectivity index (χ2n) is 5.59. The Morgan fingerprint density at radius 1 is 1.32 bits per heavy atom. The molecule has 0 spiro atoms. The highest BCUT2D eigenvalue weighted by atomic mass is 35.5. The van der Waals surface area contributed by atoms with Crippen molar-refractivity contribution in [3.05, 3.63) is 33.3 Å². The molecule has 3 atom stereocenters. The van der Waals surface area contributed by atoms with E-state index < -0.39 is 0 Å². The van der Waals surface area contributed by atoms with E-state index in [1.165, 1.54) is 0 Å². The van der Waals surface area contributed by atoms with Gasteiger partial charge in [-0.1, -0.05) is 29.3 Å². The minimum Gasteiger partial charge on any atom is -0.364 e. The Morgan fingerprint density at radius 2 is 2.09 bits per heavy atom. The molecule has 1 aliphatic heterocycles. The number of carbonyl (C=O) groups is 1. The van der Waals surface area contributed by atoms with Gasteiger partial charge in [-0.25, -0.2) is 0 Å². The molecule has 0 radical (unpaired) electrons. The van der Waals surface area contributed by atoms with Crippen LogP contribution in [0.15, 0.2) is 12.1 Å². The average Bonchev–Trinajstić information content (AvgIpc) is 3.10. The minimum atomic E-state index is -0.384. The Balaban J connectivity index is 0.00000176. The number of ether oxygens (including phenoxy) is 1. The van der Waals surface area contributed by atoms with Crippen molar-refractivity contribution in [3.63, 3.8) is 0 Å². The Kier molecular flexibility index (Phi) is 5.97. The fourth-order valence-corrected chi connectivity index (χ4v) is 3.56. The molecule has 1 aliphatic carbocycles. The second-order valence-corrected chi connectivity index (χ2v) is 6.37. The molecule has 3 rings (SSSR count). The molecule has 122 valence electrons. The smallest absolute Gasteiger partial charge is 0.249 e. The number of rotatable bonds is 3. The van der Waals surface area contributed by atoms with Crippen LogP contribution in [-0.2, 0) is 16.0 Å². The minimum absolute atomic E-state index is 0. The summed E-state index contributed by atoms with van der Waals surface area (Å²) in [6.07, 6.45) is 2.87. The van der Waals surface area contributed by atoms with Gasteiger partial charge in [0.05, 0.1) is 22.2 Å². The fraction of sp³-hybridized carbons (Fsp3) is 0.533. The van der Waals surface area contributed by atoms with Crippen molar-refractivity contribution in [3.8, 4) is 0 Å². The molecule has 1 aromatic rings. The van der Waals surface area contributed by atoms with E-state index in [0.29, 0.717) is 16.6 Å². The van der Waals surface area contributed by atoms with Crippen molar-refractivity contribution in [2.75, 3.05) is 6.54 Å². The van der Waals surface area contributed by atoms with Crippen LogP contribution in [-0.4, -0.2) is 24.7 Å². The average molecular weight is 366 g/mol. The molecule has 1 unspecified atom stereocenters. The van der Waals surface area contributed by atoms with Crippen molar-refractivity contribution in [2.45, 2.75) is 43.9 Å². The SMILES string of the molecule is Cl.NC[C@H]1CC[C@@H](C(=O)NC2CCc3c2ccc(Cl)c3Cl)O1. The molecule has 0 aromatic heterocycles. The molecule has 1 saturated heterocycles. The predicted octanol–water partition coefficient (Wildman–Crippen LogP) is 3.03. The molecular weight excluding hydrogens is 347 g/mol. The predicted molar refractivity (Wildman–Crippen MR) is 89.9 cm³/mol.